The normalized spacial score (nSPS) is 20.6. The molecule has 0 N–H and O–H groups in total. The predicted molar refractivity (Wildman–Crippen MR) is 106 cm³/mol. The molecule has 9 heteroatoms. The molecule has 2 atom stereocenters. The summed E-state index contributed by atoms with van der Waals surface area (Å²) in [7, 11) is 2.85. The lowest BCUT2D eigenvalue weighted by Gasteiger charge is -2.27. The van der Waals surface area contributed by atoms with Crippen LogP contribution in [0.25, 0.3) is 0 Å². The van der Waals surface area contributed by atoms with E-state index in [1.54, 1.807) is 32.8 Å². The van der Waals surface area contributed by atoms with Crippen molar-refractivity contribution in [3.8, 4) is 5.75 Å². The Labute approximate surface area is 175 Å². The predicted octanol–water partition coefficient (Wildman–Crippen LogP) is 2.70. The van der Waals surface area contributed by atoms with Crippen molar-refractivity contribution in [2.45, 2.75) is 58.0 Å². The number of nitrogens with zero attached hydrogens (tertiary/aromatic N) is 2. The van der Waals surface area contributed by atoms with E-state index < -0.39 is 35.9 Å². The summed E-state index contributed by atoms with van der Waals surface area (Å²) in [5.74, 6) is 0.161. The number of likely N-dealkylation sites (tertiary alicyclic amines) is 1. The van der Waals surface area contributed by atoms with E-state index in [1.807, 2.05) is 18.2 Å². The van der Waals surface area contributed by atoms with E-state index in [4.69, 9.17) is 18.9 Å². The number of hydrogen-bond acceptors (Lipinski definition) is 7. The third-order valence-corrected chi connectivity index (χ3v) is 5.03. The van der Waals surface area contributed by atoms with Gasteiger partial charge in [0.2, 0.25) is 0 Å². The first kappa shape index (κ1) is 21.7. The van der Waals surface area contributed by atoms with E-state index in [0.717, 1.165) is 16.9 Å². The summed E-state index contributed by atoms with van der Waals surface area (Å²) in [6.45, 7) is 6.13. The van der Waals surface area contributed by atoms with E-state index in [-0.39, 0.29) is 13.0 Å². The van der Waals surface area contributed by atoms with Crippen LogP contribution in [0.1, 0.15) is 38.3 Å². The number of esters is 1. The molecule has 0 saturated carbocycles. The standard InChI is InChI=1S/C21H28N2O7/c1-21(2,3)30-20(26)23-12-16(9-17(23)18(24)28-5)29-19(25)22-10-13-6-7-15(27-4)8-14(13)11-22/h6-8,16-17H,9-12H2,1-5H3. The highest BCUT2D eigenvalue weighted by Crippen LogP contribution is 2.29. The number of benzene rings is 1. The average Bonchev–Trinajstić information content (AvgIpc) is 3.29. The number of hydrogen-bond donors (Lipinski definition) is 0. The summed E-state index contributed by atoms with van der Waals surface area (Å²) in [5.41, 5.74) is 1.32. The monoisotopic (exact) mass is 420 g/mol. The maximum atomic E-state index is 12.7. The Morgan fingerprint density at radius 2 is 1.73 bits per heavy atom. The Kier molecular flexibility index (Phi) is 6.09. The second kappa shape index (κ2) is 8.41. The molecule has 2 heterocycles. The van der Waals surface area contributed by atoms with Crippen molar-refractivity contribution in [3.05, 3.63) is 29.3 Å². The van der Waals surface area contributed by atoms with Crippen LogP contribution in [0.15, 0.2) is 18.2 Å². The molecule has 2 aliphatic heterocycles. The van der Waals surface area contributed by atoms with Gasteiger partial charge in [-0.05, 0) is 44.0 Å². The molecule has 164 valence electrons. The summed E-state index contributed by atoms with van der Waals surface area (Å²) in [6, 6.07) is 4.82. The number of carbonyl (C=O) groups is 3. The zero-order valence-corrected chi connectivity index (χ0v) is 18.0. The molecule has 0 radical (unpaired) electrons. The number of amides is 2. The fraction of sp³-hybridized carbons (Fsp3) is 0.571. The summed E-state index contributed by atoms with van der Waals surface area (Å²) in [5, 5.41) is 0. The van der Waals surface area contributed by atoms with Crippen molar-refractivity contribution in [1.29, 1.82) is 0 Å². The third-order valence-electron chi connectivity index (χ3n) is 5.03. The van der Waals surface area contributed by atoms with Gasteiger partial charge in [0, 0.05) is 19.5 Å². The summed E-state index contributed by atoms with van der Waals surface area (Å²) in [6.07, 6.45) is -1.61. The highest BCUT2D eigenvalue weighted by atomic mass is 16.6. The van der Waals surface area contributed by atoms with Gasteiger partial charge in [-0.2, -0.15) is 0 Å². The second-order valence-corrected chi connectivity index (χ2v) is 8.40. The van der Waals surface area contributed by atoms with Crippen LogP contribution in [0.3, 0.4) is 0 Å². The molecule has 30 heavy (non-hydrogen) atoms. The largest absolute Gasteiger partial charge is 0.497 e. The maximum absolute atomic E-state index is 12.7. The fourth-order valence-electron chi connectivity index (χ4n) is 3.61. The quantitative estimate of drug-likeness (QED) is 0.548. The Bertz CT molecular complexity index is 833. The zero-order valence-electron chi connectivity index (χ0n) is 18.0. The van der Waals surface area contributed by atoms with Crippen molar-refractivity contribution >= 4 is 18.2 Å². The minimum Gasteiger partial charge on any atom is -0.497 e. The van der Waals surface area contributed by atoms with Crippen LogP contribution in [-0.4, -0.2) is 66.5 Å². The van der Waals surface area contributed by atoms with Crippen LogP contribution < -0.4 is 4.74 Å². The Hall–Kier alpha value is -2.97. The summed E-state index contributed by atoms with van der Waals surface area (Å²) < 4.78 is 21.0. The molecule has 3 rings (SSSR count). The van der Waals surface area contributed by atoms with Gasteiger partial charge in [-0.15, -0.1) is 0 Å². The summed E-state index contributed by atoms with van der Waals surface area (Å²) in [4.78, 5) is 40.2. The lowest BCUT2D eigenvalue weighted by molar-refractivity contribution is -0.145. The Morgan fingerprint density at radius 1 is 1.03 bits per heavy atom. The van der Waals surface area contributed by atoms with Crippen LogP contribution in [0.4, 0.5) is 9.59 Å². The number of methoxy groups -OCH3 is 2. The molecular weight excluding hydrogens is 392 g/mol. The number of rotatable bonds is 3. The molecular formula is C21H28N2O7. The Balaban J connectivity index is 1.64. The zero-order chi connectivity index (χ0) is 22.1. The minimum absolute atomic E-state index is 0.0645. The van der Waals surface area contributed by atoms with Crippen LogP contribution in [-0.2, 0) is 32.1 Å². The maximum Gasteiger partial charge on any atom is 0.411 e. The van der Waals surface area contributed by atoms with Crippen molar-refractivity contribution < 1.29 is 33.3 Å². The van der Waals surface area contributed by atoms with Crippen LogP contribution in [0.2, 0.25) is 0 Å². The minimum atomic E-state index is -0.859. The van der Waals surface area contributed by atoms with E-state index in [2.05, 4.69) is 0 Å². The molecule has 9 nitrogen and oxygen atoms in total. The third kappa shape index (κ3) is 4.77. The first-order chi connectivity index (χ1) is 14.1. The van der Waals surface area contributed by atoms with Gasteiger partial charge in [-0.3, -0.25) is 9.80 Å². The van der Waals surface area contributed by atoms with Gasteiger partial charge in [0.1, 0.15) is 23.5 Å². The first-order valence-corrected chi connectivity index (χ1v) is 9.80. The van der Waals surface area contributed by atoms with E-state index in [1.165, 1.54) is 12.0 Å². The lowest BCUT2D eigenvalue weighted by Crippen LogP contribution is -2.44. The smallest absolute Gasteiger partial charge is 0.411 e. The fourth-order valence-corrected chi connectivity index (χ4v) is 3.61. The first-order valence-electron chi connectivity index (χ1n) is 9.80. The van der Waals surface area contributed by atoms with Gasteiger partial charge < -0.3 is 18.9 Å². The van der Waals surface area contributed by atoms with E-state index >= 15 is 0 Å². The van der Waals surface area contributed by atoms with Gasteiger partial charge in [-0.1, -0.05) is 6.07 Å². The van der Waals surface area contributed by atoms with Crippen molar-refractivity contribution in [2.75, 3.05) is 20.8 Å². The number of carbonyl (C=O) groups excluding carboxylic acids is 3. The highest BCUT2D eigenvalue weighted by Gasteiger charge is 2.44. The second-order valence-electron chi connectivity index (χ2n) is 8.40. The Morgan fingerprint density at radius 3 is 2.37 bits per heavy atom. The molecule has 2 amide bonds. The van der Waals surface area contributed by atoms with Crippen LogP contribution in [0, 0.1) is 0 Å². The molecule has 1 aromatic carbocycles. The van der Waals surface area contributed by atoms with Crippen LogP contribution >= 0.6 is 0 Å². The average molecular weight is 420 g/mol. The number of ether oxygens (including phenoxy) is 4. The molecule has 2 unspecified atom stereocenters. The molecule has 2 aliphatic rings. The van der Waals surface area contributed by atoms with Gasteiger partial charge >= 0.3 is 18.2 Å². The van der Waals surface area contributed by atoms with Gasteiger partial charge in [0.15, 0.2) is 0 Å². The molecule has 0 aromatic heterocycles. The summed E-state index contributed by atoms with van der Waals surface area (Å²) >= 11 is 0. The van der Waals surface area contributed by atoms with Gasteiger partial charge in [0.25, 0.3) is 0 Å². The molecule has 0 bridgehead atoms. The number of fused-ring (bicyclic) bond motifs is 1. The topological polar surface area (TPSA) is 94.6 Å². The van der Waals surface area contributed by atoms with Gasteiger partial charge in [-0.25, -0.2) is 14.4 Å². The lowest BCUT2D eigenvalue weighted by atomic mass is 10.1. The van der Waals surface area contributed by atoms with Crippen LogP contribution in [0.5, 0.6) is 5.75 Å². The molecule has 0 aliphatic carbocycles. The molecule has 1 aromatic rings. The van der Waals surface area contributed by atoms with E-state index in [9.17, 15) is 14.4 Å². The van der Waals surface area contributed by atoms with Crippen molar-refractivity contribution in [3.63, 3.8) is 0 Å². The SMILES string of the molecule is COC(=O)C1CC(OC(=O)N2Cc3ccc(OC)cc3C2)CN1C(=O)OC(C)(C)C. The van der Waals surface area contributed by atoms with E-state index in [0.29, 0.717) is 13.1 Å². The van der Waals surface area contributed by atoms with Gasteiger partial charge in [0.05, 0.1) is 20.8 Å². The molecule has 1 saturated heterocycles. The van der Waals surface area contributed by atoms with Crippen molar-refractivity contribution in [2.24, 2.45) is 0 Å². The van der Waals surface area contributed by atoms with Crippen molar-refractivity contribution in [1.82, 2.24) is 9.80 Å². The molecule has 0 spiro atoms. The highest BCUT2D eigenvalue weighted by molar-refractivity contribution is 5.82. The molecule has 1 fully saturated rings.